The van der Waals surface area contributed by atoms with Gasteiger partial charge < -0.3 is 4.74 Å². The van der Waals surface area contributed by atoms with Crippen molar-refractivity contribution < 1.29 is 17.9 Å². The van der Waals surface area contributed by atoms with E-state index < -0.39 is 16.0 Å². The molecule has 0 fully saturated rings. The highest BCUT2D eigenvalue weighted by Crippen LogP contribution is 2.33. The van der Waals surface area contributed by atoms with E-state index in [-0.39, 0.29) is 10.5 Å². The molecule has 31 heavy (non-hydrogen) atoms. The van der Waals surface area contributed by atoms with Crippen LogP contribution < -0.4 is 9.04 Å². The molecule has 0 radical (unpaired) electrons. The van der Waals surface area contributed by atoms with Crippen LogP contribution in [0, 0.1) is 0 Å². The molecular formula is C24H18N2O4S. The molecule has 1 aromatic heterocycles. The van der Waals surface area contributed by atoms with Crippen LogP contribution in [-0.2, 0) is 16.4 Å². The zero-order chi connectivity index (χ0) is 21.4. The Kier molecular flexibility index (Phi) is 4.67. The predicted molar refractivity (Wildman–Crippen MR) is 118 cm³/mol. The topological polar surface area (TPSA) is 76.6 Å². The maximum atomic E-state index is 13.3. The maximum Gasteiger partial charge on any atom is 0.343 e. The molecule has 0 saturated heterocycles. The molecule has 0 bridgehead atoms. The summed E-state index contributed by atoms with van der Waals surface area (Å²) in [5.74, 6) is -0.318. The number of para-hydroxylation sites is 2. The Morgan fingerprint density at radius 1 is 0.935 bits per heavy atom. The molecule has 7 heteroatoms. The highest BCUT2D eigenvalue weighted by molar-refractivity contribution is 7.92. The SMILES string of the molecule is O=C(Oc1cccc2cccnc12)c1cccc(S(=O)(=O)N2CCc3ccccc32)c1. The average molecular weight is 430 g/mol. The molecule has 0 aliphatic carbocycles. The number of hydrogen-bond donors (Lipinski definition) is 0. The predicted octanol–water partition coefficient (Wildman–Crippen LogP) is 4.21. The molecule has 0 N–H and O–H groups in total. The van der Waals surface area contributed by atoms with Crippen molar-refractivity contribution in [3.8, 4) is 5.75 Å². The van der Waals surface area contributed by atoms with Gasteiger partial charge in [-0.2, -0.15) is 0 Å². The number of hydrogen-bond acceptors (Lipinski definition) is 5. The van der Waals surface area contributed by atoms with Crippen LogP contribution >= 0.6 is 0 Å². The summed E-state index contributed by atoms with van der Waals surface area (Å²) in [6.07, 6.45) is 2.28. The minimum Gasteiger partial charge on any atom is -0.421 e. The van der Waals surface area contributed by atoms with E-state index in [0.29, 0.717) is 29.9 Å². The number of nitrogens with zero attached hydrogens (tertiary/aromatic N) is 2. The van der Waals surface area contributed by atoms with Crippen LogP contribution in [-0.4, -0.2) is 25.9 Å². The molecule has 0 atom stereocenters. The fourth-order valence-corrected chi connectivity index (χ4v) is 5.34. The summed E-state index contributed by atoms with van der Waals surface area (Å²) in [6.45, 7) is 0.373. The molecule has 5 rings (SSSR count). The highest BCUT2D eigenvalue weighted by Gasteiger charge is 2.31. The number of anilines is 1. The normalized spacial score (nSPS) is 13.2. The van der Waals surface area contributed by atoms with Gasteiger partial charge in [-0.15, -0.1) is 0 Å². The van der Waals surface area contributed by atoms with Crippen molar-refractivity contribution in [2.24, 2.45) is 0 Å². The third-order valence-electron chi connectivity index (χ3n) is 5.30. The lowest BCUT2D eigenvalue weighted by Gasteiger charge is -2.19. The molecule has 4 aromatic rings. The van der Waals surface area contributed by atoms with Gasteiger partial charge in [-0.1, -0.05) is 42.5 Å². The number of pyridine rings is 1. The van der Waals surface area contributed by atoms with E-state index >= 15 is 0 Å². The number of carbonyl (C=O) groups is 1. The molecule has 6 nitrogen and oxygen atoms in total. The molecule has 1 aliphatic heterocycles. The quantitative estimate of drug-likeness (QED) is 0.358. The van der Waals surface area contributed by atoms with Crippen LogP contribution in [0.25, 0.3) is 10.9 Å². The Labute approximate surface area is 179 Å². The van der Waals surface area contributed by atoms with Crippen molar-refractivity contribution in [3.63, 3.8) is 0 Å². The first-order valence-electron chi connectivity index (χ1n) is 9.81. The molecule has 1 aliphatic rings. The molecular weight excluding hydrogens is 412 g/mol. The molecule has 0 spiro atoms. The van der Waals surface area contributed by atoms with Crippen LogP contribution in [0.1, 0.15) is 15.9 Å². The van der Waals surface area contributed by atoms with Crippen molar-refractivity contribution in [1.29, 1.82) is 0 Å². The van der Waals surface area contributed by atoms with E-state index in [9.17, 15) is 13.2 Å². The van der Waals surface area contributed by atoms with Gasteiger partial charge in [0.05, 0.1) is 16.1 Å². The van der Waals surface area contributed by atoms with Crippen LogP contribution in [0.15, 0.2) is 90.0 Å². The fraction of sp³-hybridized carbons (Fsp3) is 0.0833. The third-order valence-corrected chi connectivity index (χ3v) is 7.11. The van der Waals surface area contributed by atoms with Gasteiger partial charge in [0.1, 0.15) is 5.52 Å². The monoisotopic (exact) mass is 430 g/mol. The van der Waals surface area contributed by atoms with Gasteiger partial charge in [0.15, 0.2) is 5.75 Å². The van der Waals surface area contributed by atoms with Gasteiger partial charge in [-0.05, 0) is 48.4 Å². The van der Waals surface area contributed by atoms with Gasteiger partial charge in [0.25, 0.3) is 10.0 Å². The van der Waals surface area contributed by atoms with E-state index in [1.807, 2.05) is 30.3 Å². The number of fused-ring (bicyclic) bond motifs is 2. The zero-order valence-electron chi connectivity index (χ0n) is 16.4. The van der Waals surface area contributed by atoms with E-state index in [2.05, 4.69) is 4.98 Å². The van der Waals surface area contributed by atoms with Gasteiger partial charge >= 0.3 is 5.97 Å². The third kappa shape index (κ3) is 3.43. The number of aromatic nitrogens is 1. The van der Waals surface area contributed by atoms with E-state index in [1.165, 1.54) is 22.5 Å². The summed E-state index contributed by atoms with van der Waals surface area (Å²) in [4.78, 5) is 17.1. The summed E-state index contributed by atoms with van der Waals surface area (Å²) in [6, 6.07) is 22.4. The van der Waals surface area contributed by atoms with Crippen LogP contribution in [0.2, 0.25) is 0 Å². The lowest BCUT2D eigenvalue weighted by atomic mass is 10.2. The second kappa shape index (κ2) is 7.52. The Balaban J connectivity index is 1.46. The van der Waals surface area contributed by atoms with E-state index in [1.54, 1.807) is 36.5 Å². The van der Waals surface area contributed by atoms with Gasteiger partial charge in [0, 0.05) is 18.1 Å². The van der Waals surface area contributed by atoms with Crippen molar-refractivity contribution in [1.82, 2.24) is 4.98 Å². The summed E-state index contributed by atoms with van der Waals surface area (Å²) in [5.41, 5.74) is 2.39. The van der Waals surface area contributed by atoms with E-state index in [0.717, 1.165) is 10.9 Å². The lowest BCUT2D eigenvalue weighted by molar-refractivity contribution is 0.0736. The first-order chi connectivity index (χ1) is 15.0. The Bertz CT molecular complexity index is 1410. The number of sulfonamides is 1. The fourth-order valence-electron chi connectivity index (χ4n) is 3.79. The smallest absolute Gasteiger partial charge is 0.343 e. The number of rotatable bonds is 4. The summed E-state index contributed by atoms with van der Waals surface area (Å²) < 4.78 is 33.5. The Morgan fingerprint density at radius 2 is 1.74 bits per heavy atom. The van der Waals surface area contributed by atoms with Gasteiger partial charge in [0.2, 0.25) is 0 Å². The summed E-state index contributed by atoms with van der Waals surface area (Å²) in [7, 11) is -3.80. The lowest BCUT2D eigenvalue weighted by Crippen LogP contribution is -2.29. The van der Waals surface area contributed by atoms with Crippen LogP contribution in [0.4, 0.5) is 5.69 Å². The zero-order valence-corrected chi connectivity index (χ0v) is 17.2. The van der Waals surface area contributed by atoms with Crippen molar-refractivity contribution in [2.75, 3.05) is 10.8 Å². The van der Waals surface area contributed by atoms with Gasteiger partial charge in [-0.25, -0.2) is 13.2 Å². The Hall–Kier alpha value is -3.71. The molecule has 154 valence electrons. The van der Waals surface area contributed by atoms with Crippen LogP contribution in [0.3, 0.4) is 0 Å². The van der Waals surface area contributed by atoms with Crippen molar-refractivity contribution >= 4 is 32.6 Å². The molecule has 0 amide bonds. The number of carbonyl (C=O) groups excluding carboxylic acids is 1. The minimum absolute atomic E-state index is 0.0506. The van der Waals surface area contributed by atoms with Crippen molar-refractivity contribution in [2.45, 2.75) is 11.3 Å². The molecule has 2 heterocycles. The van der Waals surface area contributed by atoms with Gasteiger partial charge in [-0.3, -0.25) is 9.29 Å². The first-order valence-corrected chi connectivity index (χ1v) is 11.2. The first kappa shape index (κ1) is 19.3. The molecule has 0 saturated carbocycles. The Morgan fingerprint density at radius 3 is 2.65 bits per heavy atom. The summed E-state index contributed by atoms with van der Waals surface area (Å²) in [5, 5.41) is 0.844. The van der Waals surface area contributed by atoms with Crippen LogP contribution in [0.5, 0.6) is 5.75 Å². The number of benzene rings is 3. The number of ether oxygens (including phenoxy) is 1. The largest absolute Gasteiger partial charge is 0.421 e. The van der Waals surface area contributed by atoms with Crippen molar-refractivity contribution in [3.05, 3.63) is 96.2 Å². The number of esters is 1. The second-order valence-corrected chi connectivity index (χ2v) is 9.07. The maximum absolute atomic E-state index is 13.3. The highest BCUT2D eigenvalue weighted by atomic mass is 32.2. The summed E-state index contributed by atoms with van der Waals surface area (Å²) >= 11 is 0. The second-order valence-electron chi connectivity index (χ2n) is 7.20. The molecule has 0 unspecified atom stereocenters. The average Bonchev–Trinajstić information content (AvgIpc) is 3.24. The molecule has 3 aromatic carbocycles. The van der Waals surface area contributed by atoms with E-state index in [4.69, 9.17) is 4.74 Å². The standard InChI is InChI=1S/C24H18N2O4S/c27-24(30-22-12-4-7-18-9-5-14-25-23(18)22)19-8-3-10-20(16-19)31(28,29)26-15-13-17-6-1-2-11-21(17)26/h1-12,14,16H,13,15H2. The minimum atomic E-state index is -3.80.